The van der Waals surface area contributed by atoms with Gasteiger partial charge in [-0.1, -0.05) is 30.3 Å². The molecule has 2 aliphatic heterocycles. The van der Waals surface area contributed by atoms with Crippen molar-refractivity contribution in [2.75, 3.05) is 20.2 Å². The highest BCUT2D eigenvalue weighted by molar-refractivity contribution is 5.88. The number of methoxy groups -OCH3 is 1. The van der Waals surface area contributed by atoms with Crippen LogP contribution in [0.5, 0.6) is 0 Å². The Morgan fingerprint density at radius 3 is 2.58 bits per heavy atom. The zero-order chi connectivity index (χ0) is 16.7. The molecule has 0 N–H and O–H groups in total. The van der Waals surface area contributed by atoms with Gasteiger partial charge in [0.25, 0.3) is 0 Å². The molecule has 2 bridgehead atoms. The first-order valence-electron chi connectivity index (χ1n) is 8.83. The van der Waals surface area contributed by atoms with E-state index in [2.05, 4.69) is 17.0 Å². The van der Waals surface area contributed by atoms with Crippen LogP contribution in [0.15, 0.2) is 30.3 Å². The summed E-state index contributed by atoms with van der Waals surface area (Å²) in [6, 6.07) is 10.1. The molecule has 4 rings (SSSR count). The molecule has 0 radical (unpaired) electrons. The van der Waals surface area contributed by atoms with Crippen LogP contribution in [0.1, 0.15) is 24.8 Å². The Balaban J connectivity index is 1.54. The standard InChI is InChI=1S/C19H24N2O3/c1-24-19(23)17-15-9-16(21(17)18(22)14-7-8-14)12-20(11-15)10-13-5-3-2-4-6-13/h2-6,14-17H,7-12H2,1H3/t15-,16+,17+/m0/s1. The van der Waals surface area contributed by atoms with Gasteiger partial charge in [0.15, 0.2) is 0 Å². The van der Waals surface area contributed by atoms with E-state index in [1.807, 2.05) is 23.1 Å². The van der Waals surface area contributed by atoms with E-state index >= 15 is 0 Å². The largest absolute Gasteiger partial charge is 0.467 e. The summed E-state index contributed by atoms with van der Waals surface area (Å²) in [6.45, 7) is 2.56. The molecule has 0 unspecified atom stereocenters. The third-order valence-corrected chi connectivity index (χ3v) is 5.55. The van der Waals surface area contributed by atoms with Crippen LogP contribution in [0.2, 0.25) is 0 Å². The molecule has 3 fully saturated rings. The second-order valence-corrected chi connectivity index (χ2v) is 7.32. The first-order valence-corrected chi connectivity index (χ1v) is 8.83. The molecule has 3 aliphatic rings. The molecule has 1 saturated carbocycles. The van der Waals surface area contributed by atoms with Crippen molar-refractivity contribution in [3.05, 3.63) is 35.9 Å². The van der Waals surface area contributed by atoms with Crippen LogP contribution in [-0.4, -0.2) is 54.0 Å². The van der Waals surface area contributed by atoms with Gasteiger partial charge >= 0.3 is 5.97 Å². The minimum atomic E-state index is -0.395. The molecule has 2 saturated heterocycles. The van der Waals surface area contributed by atoms with E-state index < -0.39 is 6.04 Å². The summed E-state index contributed by atoms with van der Waals surface area (Å²) in [4.78, 5) is 29.3. The van der Waals surface area contributed by atoms with E-state index in [0.29, 0.717) is 0 Å². The van der Waals surface area contributed by atoms with Crippen molar-refractivity contribution in [1.29, 1.82) is 0 Å². The highest BCUT2D eigenvalue weighted by atomic mass is 16.5. The van der Waals surface area contributed by atoms with Crippen molar-refractivity contribution in [2.24, 2.45) is 11.8 Å². The van der Waals surface area contributed by atoms with Crippen molar-refractivity contribution in [3.8, 4) is 0 Å². The Bertz CT molecular complexity index is 629. The molecule has 1 aromatic carbocycles. The highest BCUT2D eigenvalue weighted by Gasteiger charge is 2.53. The summed E-state index contributed by atoms with van der Waals surface area (Å²) in [5.41, 5.74) is 1.27. The minimum absolute atomic E-state index is 0.138. The number of likely N-dealkylation sites (tertiary alicyclic amines) is 2. The Hall–Kier alpha value is -1.88. The lowest BCUT2D eigenvalue weighted by molar-refractivity contribution is -0.153. The highest BCUT2D eigenvalue weighted by Crippen LogP contribution is 2.41. The molecule has 2 heterocycles. The van der Waals surface area contributed by atoms with E-state index in [4.69, 9.17) is 4.74 Å². The monoisotopic (exact) mass is 328 g/mol. The summed E-state index contributed by atoms with van der Waals surface area (Å²) in [5.74, 6) is 0.235. The molecule has 1 aromatic rings. The Labute approximate surface area is 142 Å². The maximum Gasteiger partial charge on any atom is 0.328 e. The Kier molecular flexibility index (Phi) is 4.04. The number of carbonyl (C=O) groups excluding carboxylic acids is 2. The summed E-state index contributed by atoms with van der Waals surface area (Å²) >= 11 is 0. The number of rotatable bonds is 4. The number of ether oxygens (including phenoxy) is 1. The normalized spacial score (nSPS) is 29.5. The van der Waals surface area contributed by atoms with Crippen molar-refractivity contribution in [1.82, 2.24) is 9.80 Å². The van der Waals surface area contributed by atoms with Crippen LogP contribution < -0.4 is 0 Å². The van der Waals surface area contributed by atoms with Crippen molar-refractivity contribution >= 4 is 11.9 Å². The quantitative estimate of drug-likeness (QED) is 0.789. The fraction of sp³-hybridized carbons (Fsp3) is 0.579. The summed E-state index contributed by atoms with van der Waals surface area (Å²) in [6.07, 6.45) is 2.85. The van der Waals surface area contributed by atoms with Crippen molar-refractivity contribution < 1.29 is 14.3 Å². The van der Waals surface area contributed by atoms with Gasteiger partial charge in [0.2, 0.25) is 5.91 Å². The predicted octanol–water partition coefficient (Wildman–Crippen LogP) is 1.67. The van der Waals surface area contributed by atoms with Gasteiger partial charge in [-0.15, -0.1) is 0 Å². The SMILES string of the molecule is COC(=O)[C@H]1[C@H]2C[C@H](CN(Cc3ccccc3)C2)N1C(=O)C1CC1. The molecule has 3 atom stereocenters. The minimum Gasteiger partial charge on any atom is -0.467 e. The smallest absolute Gasteiger partial charge is 0.328 e. The fourth-order valence-electron chi connectivity index (χ4n) is 4.34. The predicted molar refractivity (Wildman–Crippen MR) is 89.0 cm³/mol. The molecule has 24 heavy (non-hydrogen) atoms. The lowest BCUT2D eigenvalue weighted by Gasteiger charge is -2.32. The average Bonchev–Trinajstić information content (AvgIpc) is 3.40. The second kappa shape index (κ2) is 6.20. The lowest BCUT2D eigenvalue weighted by atomic mass is 9.94. The summed E-state index contributed by atoms with van der Waals surface area (Å²) in [7, 11) is 1.42. The first kappa shape index (κ1) is 15.6. The third-order valence-electron chi connectivity index (χ3n) is 5.55. The van der Waals surface area contributed by atoms with Crippen LogP contribution in [0.4, 0.5) is 0 Å². The van der Waals surface area contributed by atoms with Gasteiger partial charge in [0, 0.05) is 37.5 Å². The van der Waals surface area contributed by atoms with Gasteiger partial charge in [0.1, 0.15) is 6.04 Å². The fourth-order valence-corrected chi connectivity index (χ4v) is 4.34. The van der Waals surface area contributed by atoms with Gasteiger partial charge in [-0.25, -0.2) is 4.79 Å². The van der Waals surface area contributed by atoms with Crippen LogP contribution in [0, 0.1) is 11.8 Å². The first-order chi connectivity index (χ1) is 11.7. The van der Waals surface area contributed by atoms with Gasteiger partial charge in [-0.05, 0) is 24.8 Å². The Morgan fingerprint density at radius 1 is 1.17 bits per heavy atom. The summed E-state index contributed by atoms with van der Waals surface area (Å²) < 4.78 is 5.03. The molecule has 0 aromatic heterocycles. The number of carbonyl (C=O) groups is 2. The van der Waals surface area contributed by atoms with E-state index in [1.54, 1.807) is 0 Å². The number of nitrogens with zero attached hydrogens (tertiary/aromatic N) is 2. The van der Waals surface area contributed by atoms with Gasteiger partial charge in [-0.2, -0.15) is 0 Å². The third kappa shape index (κ3) is 2.81. The van der Waals surface area contributed by atoms with E-state index in [0.717, 1.165) is 38.9 Å². The van der Waals surface area contributed by atoms with Crippen LogP contribution in [0.3, 0.4) is 0 Å². The van der Waals surface area contributed by atoms with Crippen molar-refractivity contribution in [3.63, 3.8) is 0 Å². The molecule has 5 heteroatoms. The van der Waals surface area contributed by atoms with Crippen LogP contribution in [-0.2, 0) is 20.9 Å². The molecule has 128 valence electrons. The topological polar surface area (TPSA) is 49.9 Å². The zero-order valence-electron chi connectivity index (χ0n) is 14.1. The van der Waals surface area contributed by atoms with Gasteiger partial charge < -0.3 is 9.64 Å². The number of benzene rings is 1. The number of fused-ring (bicyclic) bond motifs is 2. The molecule has 1 amide bonds. The van der Waals surface area contributed by atoms with Crippen LogP contribution in [0.25, 0.3) is 0 Å². The molecular formula is C19H24N2O3. The van der Waals surface area contributed by atoms with Gasteiger partial charge in [-0.3, -0.25) is 9.69 Å². The summed E-state index contributed by atoms with van der Waals surface area (Å²) in [5, 5.41) is 0. The zero-order valence-corrected chi connectivity index (χ0v) is 14.1. The Morgan fingerprint density at radius 2 is 1.92 bits per heavy atom. The van der Waals surface area contributed by atoms with Crippen molar-refractivity contribution in [2.45, 2.75) is 37.9 Å². The maximum atomic E-state index is 12.7. The van der Waals surface area contributed by atoms with Crippen LogP contribution >= 0.6 is 0 Å². The molecule has 0 spiro atoms. The van der Waals surface area contributed by atoms with E-state index in [9.17, 15) is 9.59 Å². The van der Waals surface area contributed by atoms with Gasteiger partial charge in [0.05, 0.1) is 7.11 Å². The molecule has 5 nitrogen and oxygen atoms in total. The van der Waals surface area contributed by atoms with E-state index in [-0.39, 0.29) is 29.8 Å². The maximum absolute atomic E-state index is 12.7. The number of piperidine rings is 1. The number of esters is 1. The second-order valence-electron chi connectivity index (χ2n) is 7.32. The molecular weight excluding hydrogens is 304 g/mol. The number of amides is 1. The average molecular weight is 328 g/mol. The number of hydrogen-bond donors (Lipinski definition) is 0. The lowest BCUT2D eigenvalue weighted by Crippen LogP contribution is -2.48. The molecule has 1 aliphatic carbocycles. The van der Waals surface area contributed by atoms with E-state index in [1.165, 1.54) is 12.7 Å². The number of hydrogen-bond acceptors (Lipinski definition) is 4.